The molecule has 0 saturated heterocycles. The van der Waals surface area contributed by atoms with Gasteiger partial charge in [0.2, 0.25) is 0 Å². The lowest BCUT2D eigenvalue weighted by molar-refractivity contribution is -0.148. The summed E-state index contributed by atoms with van der Waals surface area (Å²) in [5.74, 6) is 0.525. The third-order valence-electron chi connectivity index (χ3n) is 4.58. The molecule has 124 valence electrons. The van der Waals surface area contributed by atoms with Crippen LogP contribution in [-0.4, -0.2) is 12.8 Å². The molecule has 2 aromatic carbocycles. The molecule has 0 unspecified atom stereocenters. The Bertz CT molecular complexity index is 768. The highest BCUT2D eigenvalue weighted by atomic mass is 35.5. The lowest BCUT2D eigenvalue weighted by Crippen LogP contribution is -2.23. The van der Waals surface area contributed by atoms with E-state index < -0.39 is 5.41 Å². The monoisotopic (exact) mass is 344 g/mol. The number of benzene rings is 2. The first-order chi connectivity index (χ1) is 11.7. The summed E-state index contributed by atoms with van der Waals surface area (Å²) >= 11 is 6.14. The summed E-state index contributed by atoms with van der Waals surface area (Å²) in [6, 6.07) is 13.4. The Kier molecular flexibility index (Phi) is 3.94. The number of fused-ring (bicyclic) bond motifs is 1. The van der Waals surface area contributed by atoms with Crippen molar-refractivity contribution in [2.75, 3.05) is 6.79 Å². The second-order valence-corrected chi connectivity index (χ2v) is 6.62. The van der Waals surface area contributed by atoms with E-state index in [4.69, 9.17) is 25.8 Å². The number of halogens is 1. The van der Waals surface area contributed by atoms with Gasteiger partial charge in [-0.2, -0.15) is 0 Å². The highest BCUT2D eigenvalue weighted by Gasteiger charge is 2.52. The molecule has 1 aliphatic carbocycles. The van der Waals surface area contributed by atoms with Crippen LogP contribution in [0.2, 0.25) is 5.02 Å². The van der Waals surface area contributed by atoms with Crippen LogP contribution in [0.4, 0.5) is 0 Å². The fraction of sp³-hybridized carbons (Fsp3) is 0.316. The van der Waals surface area contributed by atoms with E-state index >= 15 is 0 Å². The van der Waals surface area contributed by atoms with E-state index in [0.29, 0.717) is 17.4 Å². The third-order valence-corrected chi connectivity index (χ3v) is 4.80. The lowest BCUT2D eigenvalue weighted by Gasteiger charge is -2.21. The summed E-state index contributed by atoms with van der Waals surface area (Å²) in [6.45, 7) is 0.796. The number of carbonyl (C=O) groups excluding carboxylic acids is 1. The Labute approximate surface area is 145 Å². The van der Waals surface area contributed by atoms with Crippen molar-refractivity contribution in [3.63, 3.8) is 0 Å². The van der Waals surface area contributed by atoms with E-state index in [9.17, 15) is 4.79 Å². The molecule has 24 heavy (non-hydrogen) atoms. The largest absolute Gasteiger partial charge is 0.467 e. The molecule has 4 rings (SSSR count). The van der Waals surface area contributed by atoms with E-state index in [1.54, 1.807) is 6.07 Å². The Balaban J connectivity index is 1.52. The van der Waals surface area contributed by atoms with Crippen molar-refractivity contribution in [2.24, 2.45) is 0 Å². The van der Waals surface area contributed by atoms with Crippen LogP contribution in [0.15, 0.2) is 42.5 Å². The van der Waals surface area contributed by atoms with Crippen molar-refractivity contribution in [1.29, 1.82) is 0 Å². The molecule has 0 bridgehead atoms. The van der Waals surface area contributed by atoms with Gasteiger partial charge in [-0.3, -0.25) is 4.79 Å². The number of rotatable bonds is 4. The van der Waals surface area contributed by atoms with Crippen LogP contribution in [0.3, 0.4) is 0 Å². The normalized spacial score (nSPS) is 17.5. The second kappa shape index (κ2) is 6.11. The van der Waals surface area contributed by atoms with Gasteiger partial charge >= 0.3 is 5.97 Å². The molecule has 5 heteroatoms. The van der Waals surface area contributed by atoms with Gasteiger partial charge < -0.3 is 14.2 Å². The molecular weight excluding hydrogens is 328 g/mol. The van der Waals surface area contributed by atoms with Gasteiger partial charge in [-0.05, 0) is 30.5 Å². The van der Waals surface area contributed by atoms with Crippen molar-refractivity contribution >= 4 is 17.6 Å². The van der Waals surface area contributed by atoms with Crippen molar-refractivity contribution in [1.82, 2.24) is 0 Å². The lowest BCUT2D eigenvalue weighted by atomic mass is 9.96. The molecular formula is C19H17ClO4. The maximum Gasteiger partial charge on any atom is 0.316 e. The number of carbonyl (C=O) groups is 1. The van der Waals surface area contributed by atoms with Crippen LogP contribution in [0.25, 0.3) is 0 Å². The fourth-order valence-corrected chi connectivity index (χ4v) is 3.40. The van der Waals surface area contributed by atoms with Gasteiger partial charge in [0.05, 0.1) is 12.0 Å². The first kappa shape index (κ1) is 15.5. The molecule has 2 aromatic rings. The van der Waals surface area contributed by atoms with Crippen molar-refractivity contribution in [3.8, 4) is 5.75 Å². The molecule has 0 N–H and O–H groups in total. The molecule has 1 aliphatic heterocycles. The van der Waals surface area contributed by atoms with Crippen LogP contribution in [0.5, 0.6) is 5.75 Å². The minimum Gasteiger partial charge on any atom is -0.467 e. The van der Waals surface area contributed by atoms with Crippen molar-refractivity contribution in [2.45, 2.75) is 31.5 Å². The van der Waals surface area contributed by atoms with Gasteiger partial charge in [0, 0.05) is 16.1 Å². The van der Waals surface area contributed by atoms with Crippen LogP contribution in [0.1, 0.15) is 29.5 Å². The maximum atomic E-state index is 12.6. The zero-order valence-corrected chi connectivity index (χ0v) is 13.8. The minimum absolute atomic E-state index is 0.149. The fourth-order valence-electron chi connectivity index (χ4n) is 3.14. The minimum atomic E-state index is -0.482. The van der Waals surface area contributed by atoms with Gasteiger partial charge in [0.1, 0.15) is 12.4 Å². The first-order valence-corrected chi connectivity index (χ1v) is 8.31. The predicted molar refractivity (Wildman–Crippen MR) is 88.9 cm³/mol. The molecule has 0 radical (unpaired) electrons. The van der Waals surface area contributed by atoms with E-state index in [2.05, 4.69) is 0 Å². The summed E-state index contributed by atoms with van der Waals surface area (Å²) in [4.78, 5) is 12.6. The number of esters is 1. The molecule has 1 saturated carbocycles. The summed E-state index contributed by atoms with van der Waals surface area (Å²) in [7, 11) is 0. The van der Waals surface area contributed by atoms with Crippen molar-refractivity contribution < 1.29 is 19.0 Å². The van der Waals surface area contributed by atoms with Crippen LogP contribution in [0, 0.1) is 0 Å². The van der Waals surface area contributed by atoms with Gasteiger partial charge in [0.25, 0.3) is 0 Å². The Hall–Kier alpha value is -2.04. The Morgan fingerprint density at radius 2 is 2.00 bits per heavy atom. The second-order valence-electron chi connectivity index (χ2n) is 6.19. The molecule has 0 spiro atoms. The SMILES string of the molecule is O=C(OCc1cc(Cl)cc2c1OCOC2)C1(c2ccccc2)CC1. The van der Waals surface area contributed by atoms with E-state index in [1.807, 2.05) is 36.4 Å². The number of hydrogen-bond donors (Lipinski definition) is 0. The molecule has 0 atom stereocenters. The molecule has 2 aliphatic rings. The van der Waals surface area contributed by atoms with Crippen LogP contribution in [-0.2, 0) is 32.9 Å². The average Bonchev–Trinajstić information content (AvgIpc) is 3.42. The highest BCUT2D eigenvalue weighted by molar-refractivity contribution is 6.30. The topological polar surface area (TPSA) is 44.8 Å². The van der Waals surface area contributed by atoms with Gasteiger partial charge in [-0.25, -0.2) is 0 Å². The highest BCUT2D eigenvalue weighted by Crippen LogP contribution is 2.49. The number of ether oxygens (including phenoxy) is 3. The molecule has 4 nitrogen and oxygen atoms in total. The van der Waals surface area contributed by atoms with E-state index in [0.717, 1.165) is 29.5 Å². The smallest absolute Gasteiger partial charge is 0.316 e. The van der Waals surface area contributed by atoms with Crippen LogP contribution < -0.4 is 4.74 Å². The predicted octanol–water partition coefficient (Wildman–Crippen LogP) is 3.98. The summed E-state index contributed by atoms with van der Waals surface area (Å²) in [6.07, 6.45) is 1.65. The summed E-state index contributed by atoms with van der Waals surface area (Å²) in [5.41, 5.74) is 2.19. The van der Waals surface area contributed by atoms with Gasteiger partial charge in [-0.1, -0.05) is 41.9 Å². The number of hydrogen-bond acceptors (Lipinski definition) is 4. The zero-order valence-electron chi connectivity index (χ0n) is 13.1. The van der Waals surface area contributed by atoms with Gasteiger partial charge in [0.15, 0.2) is 6.79 Å². The molecule has 1 heterocycles. The van der Waals surface area contributed by atoms with E-state index in [1.165, 1.54) is 0 Å². The standard InChI is InChI=1S/C19H17ClO4/c20-16-8-13-10-22-12-24-17(13)14(9-16)11-23-18(21)19(6-7-19)15-4-2-1-3-5-15/h1-5,8-9H,6-7,10-12H2. The van der Waals surface area contributed by atoms with E-state index in [-0.39, 0.29) is 19.4 Å². The summed E-state index contributed by atoms with van der Waals surface area (Å²) < 4.78 is 16.4. The van der Waals surface area contributed by atoms with Gasteiger partial charge in [-0.15, -0.1) is 0 Å². The third kappa shape index (κ3) is 2.76. The van der Waals surface area contributed by atoms with Crippen LogP contribution >= 0.6 is 11.6 Å². The molecule has 0 aromatic heterocycles. The summed E-state index contributed by atoms with van der Waals surface area (Å²) in [5, 5.41) is 0.582. The Morgan fingerprint density at radius 1 is 1.21 bits per heavy atom. The first-order valence-electron chi connectivity index (χ1n) is 7.94. The quantitative estimate of drug-likeness (QED) is 0.787. The molecule has 1 fully saturated rings. The zero-order chi connectivity index (χ0) is 16.6. The average molecular weight is 345 g/mol. The Morgan fingerprint density at radius 3 is 2.75 bits per heavy atom. The van der Waals surface area contributed by atoms with Crippen molar-refractivity contribution in [3.05, 3.63) is 64.2 Å². The molecule has 0 amide bonds. The maximum absolute atomic E-state index is 12.6.